The number of aromatic nitrogens is 1. The number of nitrogens with one attached hydrogen (secondary N) is 1. The van der Waals surface area contributed by atoms with Gasteiger partial charge in [-0.3, -0.25) is 9.59 Å². The van der Waals surface area contributed by atoms with E-state index in [1.54, 1.807) is 6.92 Å². The van der Waals surface area contributed by atoms with Crippen molar-refractivity contribution in [3.8, 4) is 5.95 Å². The lowest BCUT2D eigenvalue weighted by molar-refractivity contribution is 0.0981. The van der Waals surface area contributed by atoms with Gasteiger partial charge < -0.3 is 14.6 Å². The van der Waals surface area contributed by atoms with Crippen LogP contribution in [-0.2, 0) is 0 Å². The minimum Gasteiger partial charge on any atom is -0.464 e. The zero-order chi connectivity index (χ0) is 15.7. The molecule has 6 nitrogen and oxygen atoms in total. The molecule has 0 atom stereocenters. The fourth-order valence-electron chi connectivity index (χ4n) is 2.16. The summed E-state index contributed by atoms with van der Waals surface area (Å²) in [5.41, 5.74) is 2.05. The Bertz CT molecular complexity index is 772. The first-order chi connectivity index (χ1) is 10.6. The van der Waals surface area contributed by atoms with Crippen LogP contribution in [0.1, 0.15) is 33.3 Å². The fraction of sp³-hybridized carbons (Fsp3) is 0.188. The van der Waals surface area contributed by atoms with Crippen LogP contribution in [0, 0.1) is 6.92 Å². The van der Waals surface area contributed by atoms with Crippen LogP contribution in [-0.4, -0.2) is 23.3 Å². The standard InChI is InChI=1S/C16H14N2O4/c1-3-21-16-13-14(18-22-16)12(19)8-11(15(13)20)17-10-6-4-9(2)5-7-10/h4-8,17H,3H2,1-2H3. The van der Waals surface area contributed by atoms with Gasteiger partial charge in [-0.2, -0.15) is 0 Å². The van der Waals surface area contributed by atoms with Gasteiger partial charge in [0.2, 0.25) is 11.6 Å². The topological polar surface area (TPSA) is 81.4 Å². The van der Waals surface area contributed by atoms with Crippen molar-refractivity contribution in [3.63, 3.8) is 0 Å². The molecule has 2 aromatic rings. The van der Waals surface area contributed by atoms with E-state index in [4.69, 9.17) is 9.26 Å². The Morgan fingerprint density at radius 2 is 1.95 bits per heavy atom. The maximum Gasteiger partial charge on any atom is 0.323 e. The Labute approximate surface area is 126 Å². The predicted molar refractivity (Wildman–Crippen MR) is 79.2 cm³/mol. The van der Waals surface area contributed by atoms with Crippen LogP contribution in [0.25, 0.3) is 0 Å². The Kier molecular flexibility index (Phi) is 3.50. The lowest BCUT2D eigenvalue weighted by atomic mass is 9.99. The summed E-state index contributed by atoms with van der Waals surface area (Å²) < 4.78 is 10.2. The molecule has 1 aromatic heterocycles. The number of nitrogens with zero attached hydrogens (tertiary/aromatic N) is 1. The monoisotopic (exact) mass is 298 g/mol. The number of rotatable bonds is 4. The smallest absolute Gasteiger partial charge is 0.323 e. The number of carbonyl (C=O) groups is 2. The lowest BCUT2D eigenvalue weighted by Crippen LogP contribution is -2.21. The van der Waals surface area contributed by atoms with Gasteiger partial charge in [-0.15, -0.1) is 0 Å². The fourth-order valence-corrected chi connectivity index (χ4v) is 2.16. The Morgan fingerprint density at radius 3 is 2.64 bits per heavy atom. The maximum atomic E-state index is 12.5. The van der Waals surface area contributed by atoms with Crippen molar-refractivity contribution < 1.29 is 18.8 Å². The molecule has 0 aliphatic heterocycles. The molecule has 1 aromatic carbocycles. The summed E-state index contributed by atoms with van der Waals surface area (Å²) in [6, 6.07) is 7.49. The van der Waals surface area contributed by atoms with E-state index in [1.807, 2.05) is 31.2 Å². The number of hydrogen-bond donors (Lipinski definition) is 1. The number of carbonyl (C=O) groups excluding carboxylic acids is 2. The van der Waals surface area contributed by atoms with Crippen molar-refractivity contribution in [1.29, 1.82) is 0 Å². The number of allylic oxidation sites excluding steroid dienone is 2. The molecular weight excluding hydrogens is 284 g/mol. The average molecular weight is 298 g/mol. The zero-order valence-electron chi connectivity index (χ0n) is 12.2. The second-order valence-corrected chi connectivity index (χ2v) is 4.87. The molecule has 112 valence electrons. The summed E-state index contributed by atoms with van der Waals surface area (Å²) in [6.07, 6.45) is 1.22. The summed E-state index contributed by atoms with van der Waals surface area (Å²) in [4.78, 5) is 24.6. The SMILES string of the molecule is CCOc1onc2c1C(=O)C(Nc1ccc(C)cc1)=CC2=O. The van der Waals surface area contributed by atoms with E-state index in [-0.39, 0.29) is 34.5 Å². The van der Waals surface area contributed by atoms with E-state index in [9.17, 15) is 9.59 Å². The molecular formula is C16H14N2O4. The molecule has 1 aliphatic rings. The lowest BCUT2D eigenvalue weighted by Gasteiger charge is -2.13. The second kappa shape index (κ2) is 5.48. The molecule has 6 heteroatoms. The van der Waals surface area contributed by atoms with Crippen molar-refractivity contribution in [2.75, 3.05) is 11.9 Å². The molecule has 0 saturated carbocycles. The van der Waals surface area contributed by atoms with Crippen molar-refractivity contribution in [3.05, 3.63) is 52.9 Å². The number of ether oxygens (including phenoxy) is 1. The first-order valence-corrected chi connectivity index (χ1v) is 6.87. The zero-order valence-corrected chi connectivity index (χ0v) is 12.2. The Hall–Kier alpha value is -2.89. The van der Waals surface area contributed by atoms with Crippen molar-refractivity contribution >= 4 is 17.3 Å². The van der Waals surface area contributed by atoms with E-state index in [0.29, 0.717) is 6.61 Å². The average Bonchev–Trinajstić information content (AvgIpc) is 2.92. The van der Waals surface area contributed by atoms with Gasteiger partial charge in [-0.05, 0) is 26.0 Å². The largest absolute Gasteiger partial charge is 0.464 e. The van der Waals surface area contributed by atoms with Gasteiger partial charge in [0, 0.05) is 11.8 Å². The van der Waals surface area contributed by atoms with Crippen LogP contribution < -0.4 is 10.1 Å². The molecule has 3 rings (SSSR count). The number of aryl methyl sites for hydroxylation is 1. The number of Topliss-reactive ketones (excluding diaryl/α,β-unsaturated/α-hetero) is 1. The highest BCUT2D eigenvalue weighted by Gasteiger charge is 2.34. The summed E-state index contributed by atoms with van der Waals surface area (Å²) >= 11 is 0. The highest BCUT2D eigenvalue weighted by Crippen LogP contribution is 2.30. The van der Waals surface area contributed by atoms with Gasteiger partial charge in [-0.25, -0.2) is 0 Å². The van der Waals surface area contributed by atoms with Crippen molar-refractivity contribution in [2.24, 2.45) is 0 Å². The first kappa shape index (κ1) is 14.1. The van der Waals surface area contributed by atoms with Crippen LogP contribution >= 0.6 is 0 Å². The number of ketones is 2. The van der Waals surface area contributed by atoms with Gasteiger partial charge in [-0.1, -0.05) is 22.9 Å². The van der Waals surface area contributed by atoms with Crippen molar-refractivity contribution in [2.45, 2.75) is 13.8 Å². The second-order valence-electron chi connectivity index (χ2n) is 4.87. The van der Waals surface area contributed by atoms with E-state index in [0.717, 1.165) is 11.3 Å². The highest BCUT2D eigenvalue weighted by molar-refractivity contribution is 6.25. The van der Waals surface area contributed by atoms with Gasteiger partial charge in [0.1, 0.15) is 5.56 Å². The molecule has 1 N–H and O–H groups in total. The third-order valence-electron chi connectivity index (χ3n) is 3.25. The van der Waals surface area contributed by atoms with Gasteiger partial charge >= 0.3 is 5.95 Å². The normalized spacial score (nSPS) is 13.6. The molecule has 0 spiro atoms. The highest BCUT2D eigenvalue weighted by atomic mass is 16.6. The summed E-state index contributed by atoms with van der Waals surface area (Å²) in [5.74, 6) is -0.786. The van der Waals surface area contributed by atoms with E-state index in [1.165, 1.54) is 6.08 Å². The molecule has 0 fully saturated rings. The van der Waals surface area contributed by atoms with Crippen LogP contribution in [0.4, 0.5) is 5.69 Å². The molecule has 0 unspecified atom stereocenters. The summed E-state index contributed by atoms with van der Waals surface area (Å²) in [5, 5.41) is 6.57. The van der Waals surface area contributed by atoms with Crippen LogP contribution in [0.5, 0.6) is 5.95 Å². The van der Waals surface area contributed by atoms with Gasteiger partial charge in [0.25, 0.3) is 0 Å². The third kappa shape index (κ3) is 2.39. The molecule has 0 amide bonds. The maximum absolute atomic E-state index is 12.5. The molecule has 0 radical (unpaired) electrons. The molecule has 1 aliphatic carbocycles. The first-order valence-electron chi connectivity index (χ1n) is 6.87. The molecule has 22 heavy (non-hydrogen) atoms. The molecule has 0 bridgehead atoms. The Morgan fingerprint density at radius 1 is 1.23 bits per heavy atom. The van der Waals surface area contributed by atoms with Crippen molar-refractivity contribution in [1.82, 2.24) is 5.16 Å². The number of hydrogen-bond acceptors (Lipinski definition) is 6. The van der Waals surface area contributed by atoms with Crippen LogP contribution in [0.3, 0.4) is 0 Å². The summed E-state index contributed by atoms with van der Waals surface area (Å²) in [7, 11) is 0. The quantitative estimate of drug-likeness (QED) is 0.934. The number of benzene rings is 1. The van der Waals surface area contributed by atoms with Crippen LogP contribution in [0.2, 0.25) is 0 Å². The van der Waals surface area contributed by atoms with Crippen LogP contribution in [0.15, 0.2) is 40.6 Å². The van der Waals surface area contributed by atoms with E-state index < -0.39 is 0 Å². The number of anilines is 1. The minimum atomic E-state index is -0.390. The van der Waals surface area contributed by atoms with Gasteiger partial charge in [0.15, 0.2) is 5.69 Å². The van der Waals surface area contributed by atoms with Gasteiger partial charge in [0.05, 0.1) is 12.3 Å². The summed E-state index contributed by atoms with van der Waals surface area (Å²) in [6.45, 7) is 4.04. The molecule has 0 saturated heterocycles. The molecule has 1 heterocycles. The minimum absolute atomic E-state index is 0.0112. The van der Waals surface area contributed by atoms with E-state index in [2.05, 4.69) is 10.5 Å². The van der Waals surface area contributed by atoms with E-state index >= 15 is 0 Å². The predicted octanol–water partition coefficient (Wildman–Crippen LogP) is 2.76. The number of fused-ring (bicyclic) bond motifs is 1. The third-order valence-corrected chi connectivity index (χ3v) is 3.25. The Balaban J connectivity index is 1.93.